The van der Waals surface area contributed by atoms with Crippen LogP contribution in [0.25, 0.3) is 0 Å². The van der Waals surface area contributed by atoms with Gasteiger partial charge in [-0.3, -0.25) is 9.69 Å². The van der Waals surface area contributed by atoms with Gasteiger partial charge >= 0.3 is 0 Å². The first-order valence-corrected chi connectivity index (χ1v) is 9.32. The third kappa shape index (κ3) is 4.57. The molecule has 2 atom stereocenters. The molecule has 138 valence electrons. The summed E-state index contributed by atoms with van der Waals surface area (Å²) in [5.74, 6) is -0.102. The van der Waals surface area contributed by atoms with E-state index in [9.17, 15) is 4.79 Å². The molecule has 0 spiro atoms. The normalized spacial score (nSPS) is 20.3. The molecule has 0 saturated carbocycles. The van der Waals surface area contributed by atoms with Crippen molar-refractivity contribution in [1.29, 1.82) is 0 Å². The topological polar surface area (TPSA) is 41.6 Å². The first kappa shape index (κ1) is 19.2. The van der Waals surface area contributed by atoms with E-state index in [0.29, 0.717) is 16.6 Å². The van der Waals surface area contributed by atoms with Crippen molar-refractivity contribution in [3.05, 3.63) is 69.7 Å². The van der Waals surface area contributed by atoms with Crippen LogP contribution >= 0.6 is 23.2 Å². The number of rotatable bonds is 6. The quantitative estimate of drug-likeness (QED) is 0.757. The van der Waals surface area contributed by atoms with E-state index in [0.717, 1.165) is 18.7 Å². The van der Waals surface area contributed by atoms with Crippen LogP contribution in [0.15, 0.2) is 48.5 Å². The zero-order chi connectivity index (χ0) is 18.5. The molecule has 1 fully saturated rings. The van der Waals surface area contributed by atoms with Gasteiger partial charge in [-0.25, -0.2) is 0 Å². The maximum atomic E-state index is 12.7. The second-order valence-electron chi connectivity index (χ2n) is 6.54. The second-order valence-corrected chi connectivity index (χ2v) is 7.35. The van der Waals surface area contributed by atoms with Gasteiger partial charge in [0.15, 0.2) is 0 Å². The van der Waals surface area contributed by atoms with Crippen LogP contribution < -0.4 is 5.32 Å². The number of hydrogen-bond acceptors (Lipinski definition) is 3. The maximum absolute atomic E-state index is 12.7. The van der Waals surface area contributed by atoms with Crippen LogP contribution in [0.4, 0.5) is 0 Å². The van der Waals surface area contributed by atoms with E-state index in [1.54, 1.807) is 13.2 Å². The van der Waals surface area contributed by atoms with Crippen LogP contribution in [0.2, 0.25) is 10.0 Å². The SMILES string of the molecule is COCNC(=O)[C@H]1CN(Cc2ccccc2)C[C@@H]1c1ccc(Cl)c(Cl)c1. The number of nitrogens with one attached hydrogen (secondary N) is 1. The zero-order valence-corrected chi connectivity index (χ0v) is 16.1. The molecule has 1 heterocycles. The van der Waals surface area contributed by atoms with Crippen LogP contribution in [0.1, 0.15) is 17.0 Å². The average Bonchev–Trinajstić information content (AvgIpc) is 3.06. The van der Waals surface area contributed by atoms with Crippen molar-refractivity contribution in [1.82, 2.24) is 10.2 Å². The van der Waals surface area contributed by atoms with E-state index in [4.69, 9.17) is 27.9 Å². The van der Waals surface area contributed by atoms with Crippen molar-refractivity contribution in [2.75, 3.05) is 26.9 Å². The Kier molecular flexibility index (Phi) is 6.54. The molecule has 1 amide bonds. The molecule has 0 unspecified atom stereocenters. The zero-order valence-electron chi connectivity index (χ0n) is 14.6. The molecule has 3 rings (SSSR count). The molecular formula is C20H22Cl2N2O2. The van der Waals surface area contributed by atoms with E-state index in [2.05, 4.69) is 22.3 Å². The molecule has 1 aliphatic rings. The molecule has 4 nitrogen and oxygen atoms in total. The van der Waals surface area contributed by atoms with Gasteiger partial charge in [-0.15, -0.1) is 0 Å². The number of halogens is 2. The summed E-state index contributed by atoms with van der Waals surface area (Å²) in [5, 5.41) is 3.88. The third-order valence-corrected chi connectivity index (χ3v) is 5.48. The number of methoxy groups -OCH3 is 1. The molecule has 0 aliphatic carbocycles. The monoisotopic (exact) mass is 392 g/mol. The summed E-state index contributed by atoms with van der Waals surface area (Å²) in [4.78, 5) is 15.0. The fourth-order valence-corrected chi connectivity index (χ4v) is 3.78. The predicted molar refractivity (Wildman–Crippen MR) is 104 cm³/mol. The lowest BCUT2D eigenvalue weighted by Gasteiger charge is -2.18. The predicted octanol–water partition coefficient (Wildman–Crippen LogP) is 3.93. The Hall–Kier alpha value is -1.59. The summed E-state index contributed by atoms with van der Waals surface area (Å²) in [6.45, 7) is 2.50. The first-order valence-electron chi connectivity index (χ1n) is 8.56. The van der Waals surface area contributed by atoms with Gasteiger partial charge < -0.3 is 10.1 Å². The third-order valence-electron chi connectivity index (χ3n) is 4.74. The number of ether oxygens (including phenoxy) is 1. The number of carbonyl (C=O) groups excluding carboxylic acids is 1. The van der Waals surface area contributed by atoms with E-state index in [1.165, 1.54) is 5.56 Å². The summed E-state index contributed by atoms with van der Waals surface area (Å²) in [6.07, 6.45) is 0. The van der Waals surface area contributed by atoms with Crippen molar-refractivity contribution in [2.24, 2.45) is 5.92 Å². The summed E-state index contributed by atoms with van der Waals surface area (Å²) in [7, 11) is 1.56. The minimum atomic E-state index is -0.161. The second kappa shape index (κ2) is 8.87. The first-order chi connectivity index (χ1) is 12.6. The molecule has 2 aromatic rings. The van der Waals surface area contributed by atoms with E-state index >= 15 is 0 Å². The van der Waals surface area contributed by atoms with Gasteiger partial charge in [-0.1, -0.05) is 59.6 Å². The van der Waals surface area contributed by atoms with Gasteiger partial charge in [0, 0.05) is 32.7 Å². The maximum Gasteiger partial charge on any atom is 0.226 e. The minimum absolute atomic E-state index is 0.00140. The molecule has 6 heteroatoms. The van der Waals surface area contributed by atoms with Crippen LogP contribution in [0.3, 0.4) is 0 Å². The number of carbonyl (C=O) groups is 1. The lowest BCUT2D eigenvalue weighted by Crippen LogP contribution is -2.35. The molecule has 1 saturated heterocycles. The van der Waals surface area contributed by atoms with Gasteiger partial charge in [0.2, 0.25) is 5.91 Å². The molecule has 0 aromatic heterocycles. The van der Waals surface area contributed by atoms with Crippen molar-refractivity contribution < 1.29 is 9.53 Å². The number of likely N-dealkylation sites (tertiary alicyclic amines) is 1. The molecule has 2 aromatic carbocycles. The molecule has 0 radical (unpaired) electrons. The Balaban J connectivity index is 1.80. The Morgan fingerprint density at radius 2 is 1.92 bits per heavy atom. The van der Waals surface area contributed by atoms with Gasteiger partial charge in [-0.05, 0) is 23.3 Å². The molecule has 0 bridgehead atoms. The Labute approximate surface area is 164 Å². The lowest BCUT2D eigenvalue weighted by atomic mass is 9.88. The largest absolute Gasteiger partial charge is 0.364 e. The smallest absolute Gasteiger partial charge is 0.226 e. The molecular weight excluding hydrogens is 371 g/mol. The highest BCUT2D eigenvalue weighted by Gasteiger charge is 2.38. The molecule has 26 heavy (non-hydrogen) atoms. The number of amides is 1. The van der Waals surface area contributed by atoms with E-state index in [-0.39, 0.29) is 24.5 Å². The minimum Gasteiger partial charge on any atom is -0.364 e. The highest BCUT2D eigenvalue weighted by Crippen LogP contribution is 2.36. The molecule has 1 aliphatic heterocycles. The Morgan fingerprint density at radius 1 is 1.15 bits per heavy atom. The molecule has 1 N–H and O–H groups in total. The summed E-state index contributed by atoms with van der Waals surface area (Å²) in [6, 6.07) is 15.9. The van der Waals surface area contributed by atoms with Gasteiger partial charge in [0.25, 0.3) is 0 Å². The Bertz CT molecular complexity index is 755. The average molecular weight is 393 g/mol. The highest BCUT2D eigenvalue weighted by atomic mass is 35.5. The summed E-state index contributed by atoms with van der Waals surface area (Å²) in [5.41, 5.74) is 2.27. The number of hydrogen-bond donors (Lipinski definition) is 1. The lowest BCUT2D eigenvalue weighted by molar-refractivity contribution is -0.126. The van der Waals surface area contributed by atoms with Crippen molar-refractivity contribution >= 4 is 29.1 Å². The summed E-state index contributed by atoms with van der Waals surface area (Å²) >= 11 is 12.3. The van der Waals surface area contributed by atoms with Crippen LogP contribution in [0, 0.1) is 5.92 Å². The summed E-state index contributed by atoms with van der Waals surface area (Å²) < 4.78 is 4.99. The highest BCUT2D eigenvalue weighted by molar-refractivity contribution is 6.42. The van der Waals surface area contributed by atoms with Crippen LogP contribution in [0.5, 0.6) is 0 Å². The van der Waals surface area contributed by atoms with E-state index in [1.807, 2.05) is 30.3 Å². The van der Waals surface area contributed by atoms with Crippen LogP contribution in [-0.2, 0) is 16.1 Å². The van der Waals surface area contributed by atoms with Crippen molar-refractivity contribution in [3.63, 3.8) is 0 Å². The number of nitrogens with zero attached hydrogens (tertiary/aromatic N) is 1. The van der Waals surface area contributed by atoms with Gasteiger partial charge in [0.1, 0.15) is 6.73 Å². The van der Waals surface area contributed by atoms with Crippen molar-refractivity contribution in [2.45, 2.75) is 12.5 Å². The number of benzene rings is 2. The van der Waals surface area contributed by atoms with E-state index < -0.39 is 0 Å². The van der Waals surface area contributed by atoms with Crippen LogP contribution in [-0.4, -0.2) is 37.7 Å². The standard InChI is InChI=1S/C20H22Cl2N2O2/c1-26-13-23-20(25)17-12-24(10-14-5-3-2-4-6-14)11-16(17)15-7-8-18(21)19(22)9-15/h2-9,16-17H,10-13H2,1H3,(H,23,25)/t16-,17+/m1/s1. The van der Waals surface area contributed by atoms with Gasteiger partial charge in [0.05, 0.1) is 16.0 Å². The fraction of sp³-hybridized carbons (Fsp3) is 0.350. The fourth-order valence-electron chi connectivity index (χ4n) is 3.48. The Morgan fingerprint density at radius 3 is 2.62 bits per heavy atom. The van der Waals surface area contributed by atoms with Crippen molar-refractivity contribution in [3.8, 4) is 0 Å². The van der Waals surface area contributed by atoms with Gasteiger partial charge in [-0.2, -0.15) is 0 Å².